The number of benzene rings is 7. The zero-order chi connectivity index (χ0) is 33.6. The summed E-state index contributed by atoms with van der Waals surface area (Å²) in [6.07, 6.45) is 0. The molecule has 0 fully saturated rings. The first-order chi connectivity index (χ1) is 25.1. The van der Waals surface area contributed by atoms with Gasteiger partial charge < -0.3 is 19.6 Å². The Labute approximate surface area is 298 Å². The molecule has 51 heavy (non-hydrogen) atoms. The quantitative estimate of drug-likeness (QED) is 0.173. The van der Waals surface area contributed by atoms with E-state index in [0.717, 1.165) is 0 Å². The van der Waals surface area contributed by atoms with Gasteiger partial charge in [0.1, 0.15) is 5.66 Å². The number of rotatable bonds is 2. The lowest BCUT2D eigenvalue weighted by atomic mass is 9.33. The molecule has 4 aliphatic heterocycles. The zero-order valence-corrected chi connectivity index (χ0v) is 28.5. The molecule has 0 atom stereocenters. The predicted molar refractivity (Wildman–Crippen MR) is 212 cm³/mol. The van der Waals surface area contributed by atoms with E-state index in [9.17, 15) is 0 Å². The van der Waals surface area contributed by atoms with Crippen LogP contribution in [0.3, 0.4) is 0 Å². The van der Waals surface area contributed by atoms with Crippen LogP contribution in [0.25, 0.3) is 11.1 Å². The fraction of sp³-hybridized carbons (Fsp3) is 0.0870. The summed E-state index contributed by atoms with van der Waals surface area (Å²) in [5, 5.41) is 0. The molecular formula is C46H33BN4. The normalized spacial score (nSPS) is 16.9. The predicted octanol–water partition coefficient (Wildman–Crippen LogP) is 9.03. The highest BCUT2D eigenvalue weighted by atomic mass is 15.5. The molecule has 0 bridgehead atoms. The molecule has 0 radical (unpaired) electrons. The van der Waals surface area contributed by atoms with E-state index < -0.39 is 5.66 Å². The molecule has 1 aliphatic carbocycles. The highest BCUT2D eigenvalue weighted by Gasteiger charge is 2.62. The third-order valence-corrected chi connectivity index (χ3v) is 12.1. The van der Waals surface area contributed by atoms with Crippen molar-refractivity contribution < 1.29 is 0 Å². The Balaban J connectivity index is 1.22. The maximum absolute atomic E-state index is 2.72. The molecule has 1 spiro atoms. The summed E-state index contributed by atoms with van der Waals surface area (Å²) in [5.74, 6) is 0. The Bertz CT molecular complexity index is 2570. The highest BCUT2D eigenvalue weighted by molar-refractivity contribution is 7.00. The van der Waals surface area contributed by atoms with Gasteiger partial charge in [-0.2, -0.15) is 0 Å². The van der Waals surface area contributed by atoms with Gasteiger partial charge in [-0.05, 0) is 89.9 Å². The van der Waals surface area contributed by atoms with E-state index >= 15 is 0 Å². The molecule has 0 aromatic heterocycles. The second-order valence-electron chi connectivity index (χ2n) is 14.8. The number of fused-ring (bicyclic) bond motifs is 10. The van der Waals surface area contributed by atoms with Crippen LogP contribution in [-0.4, -0.2) is 12.4 Å². The van der Waals surface area contributed by atoms with Gasteiger partial charge in [0.2, 0.25) is 0 Å². The largest absolute Gasteiger partial charge is 0.317 e. The number of hydrogen-bond donors (Lipinski definition) is 0. The molecule has 7 aromatic carbocycles. The van der Waals surface area contributed by atoms with Crippen molar-refractivity contribution in [2.24, 2.45) is 0 Å². The molecule has 4 nitrogen and oxygen atoms in total. The maximum Gasteiger partial charge on any atom is 0.252 e. The topological polar surface area (TPSA) is 13.0 Å². The fourth-order valence-corrected chi connectivity index (χ4v) is 10.5. The smallest absolute Gasteiger partial charge is 0.252 e. The molecule has 0 saturated heterocycles. The van der Waals surface area contributed by atoms with E-state index in [1.165, 1.54) is 84.1 Å². The number of nitrogens with zero attached hydrogens (tertiary/aromatic N) is 4. The molecule has 12 rings (SSSR count). The first-order valence-electron chi connectivity index (χ1n) is 18.0. The van der Waals surface area contributed by atoms with E-state index in [-0.39, 0.29) is 12.4 Å². The summed E-state index contributed by atoms with van der Waals surface area (Å²) in [7, 11) is 0. The van der Waals surface area contributed by atoms with Crippen LogP contribution in [0.15, 0.2) is 164 Å². The van der Waals surface area contributed by atoms with Gasteiger partial charge in [-0.1, -0.05) is 115 Å². The van der Waals surface area contributed by atoms with Gasteiger partial charge in [0, 0.05) is 33.9 Å². The molecular weight excluding hydrogens is 619 g/mol. The van der Waals surface area contributed by atoms with Crippen LogP contribution in [0, 0.1) is 0 Å². The summed E-state index contributed by atoms with van der Waals surface area (Å²) in [5.41, 5.74) is 18.4. The minimum Gasteiger partial charge on any atom is -0.317 e. The van der Waals surface area contributed by atoms with Crippen LogP contribution in [0.1, 0.15) is 25.0 Å². The Morgan fingerprint density at radius 1 is 0.392 bits per heavy atom. The minimum atomic E-state index is -0.633. The lowest BCUT2D eigenvalue weighted by Gasteiger charge is -2.50. The van der Waals surface area contributed by atoms with Gasteiger partial charge in [0.05, 0.1) is 22.7 Å². The molecule has 5 heteroatoms. The van der Waals surface area contributed by atoms with Crippen LogP contribution in [0.2, 0.25) is 0 Å². The lowest BCUT2D eigenvalue weighted by Crippen LogP contribution is -2.65. The summed E-state index contributed by atoms with van der Waals surface area (Å²) in [6, 6.07) is 61.1. The molecule has 0 saturated carbocycles. The summed E-state index contributed by atoms with van der Waals surface area (Å²) in [4.78, 5) is 10.5. The molecule has 0 unspecified atom stereocenters. The molecule has 4 heterocycles. The Morgan fingerprint density at radius 3 is 1.45 bits per heavy atom. The van der Waals surface area contributed by atoms with Crippen molar-refractivity contribution in [1.29, 1.82) is 0 Å². The number of para-hydroxylation sites is 4. The third kappa shape index (κ3) is 3.07. The zero-order valence-electron chi connectivity index (χ0n) is 28.5. The van der Waals surface area contributed by atoms with Crippen molar-refractivity contribution in [2.45, 2.75) is 25.2 Å². The van der Waals surface area contributed by atoms with Gasteiger partial charge in [0.15, 0.2) is 5.66 Å². The number of anilines is 8. The first-order valence-corrected chi connectivity index (χ1v) is 18.0. The van der Waals surface area contributed by atoms with E-state index in [0.29, 0.717) is 0 Å². The molecule has 5 aliphatic rings. The van der Waals surface area contributed by atoms with E-state index in [2.05, 4.69) is 197 Å². The Morgan fingerprint density at radius 2 is 0.843 bits per heavy atom. The fourth-order valence-electron chi connectivity index (χ4n) is 10.5. The van der Waals surface area contributed by atoms with Crippen LogP contribution >= 0.6 is 0 Å². The Kier molecular flexibility index (Phi) is 5.04. The van der Waals surface area contributed by atoms with Gasteiger partial charge in [0.25, 0.3) is 6.71 Å². The number of hydrogen-bond acceptors (Lipinski definition) is 4. The molecule has 0 amide bonds. The lowest BCUT2D eigenvalue weighted by molar-refractivity contribution is 0.540. The second kappa shape index (κ2) is 9.32. The maximum atomic E-state index is 2.72. The van der Waals surface area contributed by atoms with Crippen LogP contribution in [-0.2, 0) is 5.66 Å². The van der Waals surface area contributed by atoms with Crippen molar-refractivity contribution in [2.75, 3.05) is 19.6 Å². The summed E-state index contributed by atoms with van der Waals surface area (Å²) in [6.45, 7) is 4.83. The summed E-state index contributed by atoms with van der Waals surface area (Å²) >= 11 is 0. The van der Waals surface area contributed by atoms with Gasteiger partial charge in [-0.3, -0.25) is 0 Å². The highest BCUT2D eigenvalue weighted by Crippen LogP contribution is 2.65. The van der Waals surface area contributed by atoms with Gasteiger partial charge in [-0.25, -0.2) is 0 Å². The van der Waals surface area contributed by atoms with Gasteiger partial charge >= 0.3 is 0 Å². The van der Waals surface area contributed by atoms with Crippen molar-refractivity contribution in [3.8, 4) is 11.1 Å². The average Bonchev–Trinajstić information content (AvgIpc) is 3.74. The van der Waals surface area contributed by atoms with Crippen molar-refractivity contribution in [3.05, 3.63) is 175 Å². The van der Waals surface area contributed by atoms with Crippen LogP contribution in [0.4, 0.5) is 45.5 Å². The van der Waals surface area contributed by atoms with Gasteiger partial charge in [-0.15, -0.1) is 0 Å². The SMILES string of the molecule is CC1(C)N(c2ccccc2)c2cccc3c2N1c1cccc2c1B3c1cccc3c1N2C1(c2ccccc2-c2ccccc21)N3c1ccccc1. The molecule has 240 valence electrons. The van der Waals surface area contributed by atoms with Crippen LogP contribution < -0.4 is 36.0 Å². The molecule has 7 aromatic rings. The first kappa shape index (κ1) is 27.6. The van der Waals surface area contributed by atoms with Crippen molar-refractivity contribution >= 4 is 68.6 Å². The van der Waals surface area contributed by atoms with E-state index in [1.807, 2.05) is 0 Å². The minimum absolute atomic E-state index is 0.0831. The summed E-state index contributed by atoms with van der Waals surface area (Å²) < 4.78 is 0. The second-order valence-corrected chi connectivity index (χ2v) is 14.8. The Hall–Kier alpha value is -6.20. The van der Waals surface area contributed by atoms with Crippen molar-refractivity contribution in [3.63, 3.8) is 0 Å². The van der Waals surface area contributed by atoms with Crippen molar-refractivity contribution in [1.82, 2.24) is 0 Å². The van der Waals surface area contributed by atoms with Crippen LogP contribution in [0.5, 0.6) is 0 Å². The van der Waals surface area contributed by atoms with E-state index in [4.69, 9.17) is 0 Å². The third-order valence-electron chi connectivity index (χ3n) is 12.1. The standard InChI is InChI=1S/C46H33BN4/c1-45(2)48(30-16-5-3-6-17-30)40-28-13-24-36-43(40)50(45)38-26-15-27-39-42(38)47(36)37-25-14-29-41-44(37)51(39)46(49(41)31-18-7-4-8-19-31)34-22-11-9-20-32(34)33-21-10-12-23-35(33)46/h3-29H,1-2H3. The monoisotopic (exact) mass is 652 g/mol. The average molecular weight is 653 g/mol. The van der Waals surface area contributed by atoms with E-state index in [1.54, 1.807) is 0 Å². The molecule has 0 N–H and O–H groups in total.